The Balaban J connectivity index is 2.29. The molecule has 0 spiro atoms. The van der Waals surface area contributed by atoms with E-state index in [1.54, 1.807) is 14.2 Å². The predicted molar refractivity (Wildman–Crippen MR) is 106 cm³/mol. The van der Waals surface area contributed by atoms with Gasteiger partial charge in [0, 0.05) is 45.0 Å². The number of nitrogens with zero attached hydrogens (tertiary/aromatic N) is 1. The molecule has 0 unspecified atom stereocenters. The Hall–Kier alpha value is -2.33. The van der Waals surface area contributed by atoms with E-state index in [1.165, 1.54) is 23.1 Å². The van der Waals surface area contributed by atoms with Gasteiger partial charge in [0.15, 0.2) is 0 Å². The highest BCUT2D eigenvalue weighted by Gasteiger charge is 2.31. The second-order valence-electron chi connectivity index (χ2n) is 7.61. The first-order chi connectivity index (χ1) is 14.0. The molecule has 2 N–H and O–H groups in total. The van der Waals surface area contributed by atoms with E-state index in [9.17, 15) is 22.8 Å². The summed E-state index contributed by atoms with van der Waals surface area (Å²) >= 11 is 0. The molecule has 0 saturated heterocycles. The fourth-order valence-electron chi connectivity index (χ4n) is 3.12. The lowest BCUT2D eigenvalue weighted by molar-refractivity contribution is -0.150. The number of methoxy groups -OCH3 is 1. The summed E-state index contributed by atoms with van der Waals surface area (Å²) in [7, 11) is 3.24. The smallest absolute Gasteiger partial charge is 0.397 e. The molecular formula is C20H28F3N3O4. The number of anilines is 1. The number of alkyl halides is 3. The fraction of sp³-hybridized carbons (Fsp3) is 0.600. The van der Waals surface area contributed by atoms with Gasteiger partial charge >= 0.3 is 6.18 Å². The highest BCUT2D eigenvalue weighted by Crippen LogP contribution is 2.27. The lowest BCUT2D eigenvalue weighted by Gasteiger charge is -2.30. The third-order valence-corrected chi connectivity index (χ3v) is 4.87. The zero-order valence-electron chi connectivity index (χ0n) is 17.5. The van der Waals surface area contributed by atoms with Crippen LogP contribution in [-0.2, 0) is 9.53 Å². The normalized spacial score (nSPS) is 23.6. The number of hydrogen-bond donors (Lipinski definition) is 2. The third kappa shape index (κ3) is 6.88. The van der Waals surface area contributed by atoms with Crippen LogP contribution in [0.1, 0.15) is 30.6 Å². The Kier molecular flexibility index (Phi) is 8.08. The highest BCUT2D eigenvalue weighted by molar-refractivity contribution is 5.98. The SMILES string of the molecule is CO[C@@H]1CN(C)C(=O)c2ccc(NC(=O)CC(F)(F)F)cc2OC[C@H](C)NC[C@H]1C. The second kappa shape index (κ2) is 10.1. The highest BCUT2D eigenvalue weighted by atomic mass is 19.4. The minimum absolute atomic E-state index is 0.0476. The average Bonchev–Trinajstić information content (AvgIpc) is 2.65. The van der Waals surface area contributed by atoms with Crippen LogP contribution in [-0.4, -0.2) is 68.9 Å². The van der Waals surface area contributed by atoms with Gasteiger partial charge in [-0.15, -0.1) is 0 Å². The summed E-state index contributed by atoms with van der Waals surface area (Å²) in [4.78, 5) is 26.1. The Labute approximate surface area is 173 Å². The van der Waals surface area contributed by atoms with Gasteiger partial charge < -0.3 is 25.0 Å². The minimum atomic E-state index is -4.61. The van der Waals surface area contributed by atoms with Crippen LogP contribution >= 0.6 is 0 Å². The van der Waals surface area contributed by atoms with Gasteiger partial charge in [0.1, 0.15) is 18.8 Å². The molecule has 10 heteroatoms. The minimum Gasteiger partial charge on any atom is -0.491 e. The van der Waals surface area contributed by atoms with Crippen LogP contribution in [0.3, 0.4) is 0 Å². The number of likely N-dealkylation sites (N-methyl/N-ethyl adjacent to an activating group) is 1. The van der Waals surface area contributed by atoms with Crippen LogP contribution in [0.2, 0.25) is 0 Å². The number of carbonyl (C=O) groups is 2. The molecule has 0 aliphatic carbocycles. The number of carbonyl (C=O) groups excluding carboxylic acids is 2. The van der Waals surface area contributed by atoms with E-state index in [0.29, 0.717) is 13.1 Å². The van der Waals surface area contributed by atoms with Gasteiger partial charge in [0.2, 0.25) is 5.91 Å². The predicted octanol–water partition coefficient (Wildman–Crippen LogP) is 2.67. The molecule has 2 amide bonds. The van der Waals surface area contributed by atoms with Crippen LogP contribution in [0.5, 0.6) is 5.75 Å². The molecule has 0 fully saturated rings. The molecule has 168 valence electrons. The molecule has 2 rings (SSSR count). The van der Waals surface area contributed by atoms with Crippen molar-refractivity contribution in [1.29, 1.82) is 0 Å². The van der Waals surface area contributed by atoms with E-state index >= 15 is 0 Å². The summed E-state index contributed by atoms with van der Waals surface area (Å²) in [6.45, 7) is 5.20. The zero-order valence-corrected chi connectivity index (χ0v) is 17.5. The van der Waals surface area contributed by atoms with Crippen LogP contribution in [0, 0.1) is 5.92 Å². The number of hydrogen-bond acceptors (Lipinski definition) is 5. The van der Waals surface area contributed by atoms with Crippen molar-refractivity contribution >= 4 is 17.5 Å². The molecular weight excluding hydrogens is 403 g/mol. The van der Waals surface area contributed by atoms with Gasteiger partial charge in [-0.05, 0) is 25.0 Å². The number of fused-ring (bicyclic) bond motifs is 1. The number of benzene rings is 1. The van der Waals surface area contributed by atoms with Crippen molar-refractivity contribution in [2.24, 2.45) is 5.92 Å². The molecule has 1 heterocycles. The average molecular weight is 431 g/mol. The first-order valence-corrected chi connectivity index (χ1v) is 9.65. The largest absolute Gasteiger partial charge is 0.491 e. The molecule has 3 atom stereocenters. The van der Waals surface area contributed by atoms with Crippen LogP contribution in [0.4, 0.5) is 18.9 Å². The summed E-state index contributed by atoms with van der Waals surface area (Å²) in [6, 6.07) is 4.14. The van der Waals surface area contributed by atoms with E-state index in [-0.39, 0.29) is 47.6 Å². The van der Waals surface area contributed by atoms with Crippen LogP contribution < -0.4 is 15.4 Å². The summed E-state index contributed by atoms with van der Waals surface area (Å²) in [5, 5.41) is 5.54. The second-order valence-corrected chi connectivity index (χ2v) is 7.61. The van der Waals surface area contributed by atoms with E-state index in [2.05, 4.69) is 10.6 Å². The fourth-order valence-corrected chi connectivity index (χ4v) is 3.12. The summed E-state index contributed by atoms with van der Waals surface area (Å²) < 4.78 is 48.6. The van der Waals surface area contributed by atoms with Crippen molar-refractivity contribution in [2.45, 2.75) is 38.6 Å². The van der Waals surface area contributed by atoms with Gasteiger partial charge in [0.05, 0.1) is 11.7 Å². The van der Waals surface area contributed by atoms with Gasteiger partial charge in [-0.3, -0.25) is 9.59 Å². The number of rotatable bonds is 3. The topological polar surface area (TPSA) is 79.9 Å². The first-order valence-electron chi connectivity index (χ1n) is 9.65. The molecule has 7 nitrogen and oxygen atoms in total. The molecule has 1 aliphatic rings. The van der Waals surface area contributed by atoms with Crippen LogP contribution in [0.15, 0.2) is 18.2 Å². The maximum Gasteiger partial charge on any atom is 0.397 e. The quantitative estimate of drug-likeness (QED) is 0.769. The molecule has 0 saturated carbocycles. The molecule has 1 aromatic carbocycles. The molecule has 1 aromatic rings. The maximum atomic E-state index is 13.0. The van der Waals surface area contributed by atoms with E-state index in [4.69, 9.17) is 9.47 Å². The van der Waals surface area contributed by atoms with Gasteiger partial charge in [-0.1, -0.05) is 6.92 Å². The molecule has 0 bridgehead atoms. The summed E-state index contributed by atoms with van der Waals surface area (Å²) in [5.74, 6) is -1.16. The van der Waals surface area contributed by atoms with Crippen molar-refractivity contribution in [2.75, 3.05) is 39.2 Å². The van der Waals surface area contributed by atoms with Crippen molar-refractivity contribution in [3.63, 3.8) is 0 Å². The Morgan fingerprint density at radius 1 is 1.37 bits per heavy atom. The number of nitrogens with one attached hydrogen (secondary N) is 2. The first kappa shape index (κ1) is 23.9. The van der Waals surface area contributed by atoms with Crippen molar-refractivity contribution in [3.05, 3.63) is 23.8 Å². The third-order valence-electron chi connectivity index (χ3n) is 4.87. The number of halogens is 3. The molecule has 0 radical (unpaired) electrons. The standard InChI is InChI=1S/C20H28F3N3O4/c1-12-9-24-13(2)11-30-16-7-14(25-18(27)8-20(21,22)23)5-6-15(16)19(28)26(3)10-17(12)29-4/h5-7,12-13,17,24H,8-11H2,1-4H3,(H,25,27)/t12-,13+,17-/m1/s1. The van der Waals surface area contributed by atoms with Crippen molar-refractivity contribution in [3.8, 4) is 5.75 Å². The molecule has 30 heavy (non-hydrogen) atoms. The van der Waals surface area contributed by atoms with Crippen LogP contribution in [0.25, 0.3) is 0 Å². The zero-order chi connectivity index (χ0) is 22.5. The van der Waals surface area contributed by atoms with Crippen molar-refractivity contribution < 1.29 is 32.2 Å². The Morgan fingerprint density at radius 2 is 2.07 bits per heavy atom. The van der Waals surface area contributed by atoms with Gasteiger partial charge in [-0.2, -0.15) is 13.2 Å². The number of ether oxygens (including phenoxy) is 2. The molecule has 0 aromatic heterocycles. The summed E-state index contributed by atoms with van der Waals surface area (Å²) in [6.07, 6.45) is -6.38. The number of amides is 2. The van der Waals surface area contributed by atoms with E-state index in [1.807, 2.05) is 13.8 Å². The Morgan fingerprint density at radius 3 is 2.70 bits per heavy atom. The Bertz CT molecular complexity index is 757. The lowest BCUT2D eigenvalue weighted by atomic mass is 10.0. The van der Waals surface area contributed by atoms with E-state index < -0.39 is 18.5 Å². The molecule has 1 aliphatic heterocycles. The monoisotopic (exact) mass is 431 g/mol. The lowest BCUT2D eigenvalue weighted by Crippen LogP contribution is -2.44. The van der Waals surface area contributed by atoms with Gasteiger partial charge in [-0.25, -0.2) is 0 Å². The van der Waals surface area contributed by atoms with E-state index in [0.717, 1.165) is 0 Å². The maximum absolute atomic E-state index is 13.0. The van der Waals surface area contributed by atoms with Crippen molar-refractivity contribution in [1.82, 2.24) is 10.2 Å². The van der Waals surface area contributed by atoms with Gasteiger partial charge in [0.25, 0.3) is 5.91 Å². The summed E-state index contributed by atoms with van der Waals surface area (Å²) in [5.41, 5.74) is 0.371.